The van der Waals surface area contributed by atoms with Crippen LogP contribution in [0.3, 0.4) is 0 Å². The van der Waals surface area contributed by atoms with Crippen molar-refractivity contribution in [3.05, 3.63) is 53.1 Å². The minimum absolute atomic E-state index is 0.316. The Morgan fingerprint density at radius 3 is 2.68 bits per heavy atom. The highest BCUT2D eigenvalue weighted by molar-refractivity contribution is 5.26. The molecule has 3 nitrogen and oxygen atoms in total. The first kappa shape index (κ1) is 13.7. The van der Waals surface area contributed by atoms with Gasteiger partial charge in [-0.05, 0) is 32.9 Å². The van der Waals surface area contributed by atoms with Gasteiger partial charge in [0.2, 0.25) is 0 Å². The molecule has 0 radical (unpaired) electrons. The van der Waals surface area contributed by atoms with E-state index < -0.39 is 5.60 Å². The molecule has 2 aromatic rings. The Morgan fingerprint density at radius 2 is 2.05 bits per heavy atom. The molecule has 1 aromatic heterocycles. The van der Waals surface area contributed by atoms with E-state index in [1.807, 2.05) is 24.6 Å². The highest BCUT2D eigenvalue weighted by atomic mass is 19.1. The van der Waals surface area contributed by atoms with Crippen LogP contribution in [0, 0.1) is 12.7 Å². The van der Waals surface area contributed by atoms with E-state index >= 15 is 0 Å². The maximum Gasteiger partial charge on any atom is 0.129 e. The first-order chi connectivity index (χ1) is 8.94. The van der Waals surface area contributed by atoms with Gasteiger partial charge in [0.05, 0.1) is 11.3 Å². The van der Waals surface area contributed by atoms with Crippen LogP contribution in [0.1, 0.15) is 30.8 Å². The normalized spacial score (nSPS) is 14.4. The zero-order valence-electron chi connectivity index (χ0n) is 11.5. The lowest BCUT2D eigenvalue weighted by atomic mass is 9.90. The lowest BCUT2D eigenvalue weighted by Crippen LogP contribution is -2.27. The molecule has 0 aliphatic rings. The van der Waals surface area contributed by atoms with Gasteiger partial charge >= 0.3 is 0 Å². The van der Waals surface area contributed by atoms with Gasteiger partial charge < -0.3 is 5.11 Å². The Morgan fingerprint density at radius 1 is 1.37 bits per heavy atom. The molecule has 1 atom stereocenters. The Hall–Kier alpha value is -1.68. The summed E-state index contributed by atoms with van der Waals surface area (Å²) >= 11 is 0. The van der Waals surface area contributed by atoms with Crippen LogP contribution in [0.15, 0.2) is 30.3 Å². The van der Waals surface area contributed by atoms with E-state index in [0.717, 1.165) is 17.9 Å². The van der Waals surface area contributed by atoms with Crippen molar-refractivity contribution in [2.45, 2.75) is 39.3 Å². The van der Waals surface area contributed by atoms with Crippen molar-refractivity contribution in [2.24, 2.45) is 0 Å². The van der Waals surface area contributed by atoms with Crippen molar-refractivity contribution in [3.8, 4) is 0 Å². The molecule has 2 rings (SSSR count). The van der Waals surface area contributed by atoms with Gasteiger partial charge in [-0.3, -0.25) is 4.68 Å². The molecule has 0 saturated carbocycles. The van der Waals surface area contributed by atoms with Gasteiger partial charge in [-0.15, -0.1) is 0 Å². The molecule has 4 heteroatoms. The summed E-state index contributed by atoms with van der Waals surface area (Å²) in [5.74, 6) is -0.383. The SMILES string of the molecule is CCn1nc(C)cc1CC(C)(O)c1ccccc1F. The molecule has 0 amide bonds. The molecule has 102 valence electrons. The molecule has 0 bridgehead atoms. The number of aliphatic hydroxyl groups is 1. The number of hydrogen-bond acceptors (Lipinski definition) is 2. The summed E-state index contributed by atoms with van der Waals surface area (Å²) in [6.07, 6.45) is 0.336. The quantitative estimate of drug-likeness (QED) is 0.920. The maximum atomic E-state index is 13.8. The number of benzene rings is 1. The van der Waals surface area contributed by atoms with Crippen LogP contribution in [0.2, 0.25) is 0 Å². The van der Waals surface area contributed by atoms with E-state index in [0.29, 0.717) is 12.0 Å². The van der Waals surface area contributed by atoms with Crippen LogP contribution >= 0.6 is 0 Å². The molecule has 0 aliphatic carbocycles. The second-order valence-electron chi connectivity index (χ2n) is 5.02. The highest BCUT2D eigenvalue weighted by Crippen LogP contribution is 2.27. The average molecular weight is 262 g/mol. The summed E-state index contributed by atoms with van der Waals surface area (Å²) in [5.41, 5.74) is 0.885. The second kappa shape index (κ2) is 5.13. The van der Waals surface area contributed by atoms with Gasteiger partial charge in [-0.25, -0.2) is 4.39 Å². The van der Waals surface area contributed by atoms with E-state index in [1.54, 1.807) is 25.1 Å². The highest BCUT2D eigenvalue weighted by Gasteiger charge is 2.28. The Kier molecular flexibility index (Phi) is 3.71. The summed E-state index contributed by atoms with van der Waals surface area (Å²) in [6, 6.07) is 8.27. The second-order valence-corrected chi connectivity index (χ2v) is 5.02. The van der Waals surface area contributed by atoms with Crippen LogP contribution in [0.5, 0.6) is 0 Å². The third kappa shape index (κ3) is 2.84. The fraction of sp³-hybridized carbons (Fsp3) is 0.400. The van der Waals surface area contributed by atoms with E-state index in [9.17, 15) is 9.50 Å². The van der Waals surface area contributed by atoms with Crippen molar-refractivity contribution in [1.29, 1.82) is 0 Å². The Bertz CT molecular complexity index is 575. The van der Waals surface area contributed by atoms with E-state index in [-0.39, 0.29) is 5.82 Å². The molecular formula is C15H19FN2O. The topological polar surface area (TPSA) is 38.0 Å². The van der Waals surface area contributed by atoms with E-state index in [4.69, 9.17) is 0 Å². The summed E-state index contributed by atoms with van der Waals surface area (Å²) < 4.78 is 15.6. The van der Waals surface area contributed by atoms with Gasteiger partial charge in [-0.1, -0.05) is 18.2 Å². The summed E-state index contributed by atoms with van der Waals surface area (Å²) in [7, 11) is 0. The molecule has 1 unspecified atom stereocenters. The summed E-state index contributed by atoms with van der Waals surface area (Å²) in [4.78, 5) is 0. The predicted octanol–water partition coefficient (Wildman–Crippen LogP) is 2.80. The number of rotatable bonds is 4. The van der Waals surface area contributed by atoms with Crippen molar-refractivity contribution in [3.63, 3.8) is 0 Å². The number of aryl methyl sites for hydroxylation is 2. The number of nitrogens with zero attached hydrogens (tertiary/aromatic N) is 2. The van der Waals surface area contributed by atoms with Crippen LogP contribution in [-0.4, -0.2) is 14.9 Å². The third-order valence-electron chi connectivity index (χ3n) is 3.26. The molecule has 1 N–H and O–H groups in total. The zero-order chi connectivity index (χ0) is 14.0. The van der Waals surface area contributed by atoms with E-state index in [2.05, 4.69) is 5.10 Å². The largest absolute Gasteiger partial charge is 0.385 e. The minimum atomic E-state index is -1.25. The Labute approximate surface area is 112 Å². The zero-order valence-corrected chi connectivity index (χ0v) is 11.5. The van der Waals surface area contributed by atoms with Gasteiger partial charge in [0.15, 0.2) is 0 Å². The summed E-state index contributed by atoms with van der Waals surface area (Å²) in [6.45, 7) is 6.27. The third-order valence-corrected chi connectivity index (χ3v) is 3.26. The fourth-order valence-corrected chi connectivity index (χ4v) is 2.36. The minimum Gasteiger partial charge on any atom is -0.385 e. The smallest absolute Gasteiger partial charge is 0.129 e. The van der Waals surface area contributed by atoms with Gasteiger partial charge in [0.25, 0.3) is 0 Å². The number of hydrogen-bond donors (Lipinski definition) is 1. The van der Waals surface area contributed by atoms with Crippen molar-refractivity contribution in [1.82, 2.24) is 9.78 Å². The maximum absolute atomic E-state index is 13.8. The van der Waals surface area contributed by atoms with Crippen molar-refractivity contribution >= 4 is 0 Å². The molecule has 0 saturated heterocycles. The van der Waals surface area contributed by atoms with Crippen LogP contribution in [0.25, 0.3) is 0 Å². The van der Waals surface area contributed by atoms with Crippen molar-refractivity contribution < 1.29 is 9.50 Å². The average Bonchev–Trinajstić information content (AvgIpc) is 2.69. The summed E-state index contributed by atoms with van der Waals surface area (Å²) in [5, 5.41) is 14.9. The molecule has 1 heterocycles. The molecule has 0 spiro atoms. The first-order valence-electron chi connectivity index (χ1n) is 6.44. The van der Waals surface area contributed by atoms with Crippen LogP contribution in [-0.2, 0) is 18.6 Å². The standard InChI is InChI=1S/C15H19FN2O/c1-4-18-12(9-11(2)17-18)10-15(3,19)13-7-5-6-8-14(13)16/h5-9,19H,4,10H2,1-3H3. The van der Waals surface area contributed by atoms with Gasteiger partial charge in [-0.2, -0.15) is 5.10 Å². The molecule has 0 aliphatic heterocycles. The van der Waals surface area contributed by atoms with Crippen LogP contribution in [0.4, 0.5) is 4.39 Å². The van der Waals surface area contributed by atoms with E-state index in [1.165, 1.54) is 6.07 Å². The monoisotopic (exact) mass is 262 g/mol. The lowest BCUT2D eigenvalue weighted by Gasteiger charge is -2.24. The van der Waals surface area contributed by atoms with Crippen molar-refractivity contribution in [2.75, 3.05) is 0 Å². The Balaban J connectivity index is 2.33. The van der Waals surface area contributed by atoms with Gasteiger partial charge in [0.1, 0.15) is 5.82 Å². The van der Waals surface area contributed by atoms with Gasteiger partial charge in [0, 0.05) is 24.2 Å². The molecular weight excluding hydrogens is 243 g/mol. The fourth-order valence-electron chi connectivity index (χ4n) is 2.36. The first-order valence-corrected chi connectivity index (χ1v) is 6.44. The number of halogens is 1. The predicted molar refractivity (Wildman–Crippen MR) is 72.3 cm³/mol. The number of aromatic nitrogens is 2. The van der Waals surface area contributed by atoms with Crippen LogP contribution < -0.4 is 0 Å². The molecule has 0 fully saturated rings. The molecule has 1 aromatic carbocycles. The lowest BCUT2D eigenvalue weighted by molar-refractivity contribution is 0.0516. The molecule has 19 heavy (non-hydrogen) atoms.